The molecule has 0 bridgehead atoms. The van der Waals surface area contributed by atoms with Crippen molar-refractivity contribution in [3.05, 3.63) is 0 Å². The first-order valence-corrected chi connectivity index (χ1v) is 6.61. The summed E-state index contributed by atoms with van der Waals surface area (Å²) in [6.45, 7) is 5.11. The van der Waals surface area contributed by atoms with Gasteiger partial charge >= 0.3 is 0 Å². The molecule has 17 heavy (non-hydrogen) atoms. The monoisotopic (exact) mass is 241 g/mol. The van der Waals surface area contributed by atoms with Gasteiger partial charge in [0.15, 0.2) is 0 Å². The Balaban J connectivity index is 2.53. The zero-order valence-electron chi connectivity index (χ0n) is 11.4. The zero-order valence-corrected chi connectivity index (χ0v) is 11.4. The van der Waals surface area contributed by atoms with Crippen LogP contribution < -0.4 is 11.3 Å². The van der Waals surface area contributed by atoms with E-state index in [1.165, 1.54) is 19.3 Å². The molecular formula is C12H27N5. The van der Waals surface area contributed by atoms with Gasteiger partial charge in [0.2, 0.25) is 5.96 Å². The number of rotatable bonds is 4. The van der Waals surface area contributed by atoms with Crippen LogP contribution in [-0.4, -0.2) is 55.5 Å². The van der Waals surface area contributed by atoms with Gasteiger partial charge in [0.25, 0.3) is 0 Å². The van der Waals surface area contributed by atoms with E-state index >= 15 is 0 Å². The third-order valence-corrected chi connectivity index (χ3v) is 3.33. The Morgan fingerprint density at radius 3 is 2.88 bits per heavy atom. The highest BCUT2D eigenvalue weighted by atomic mass is 15.4. The van der Waals surface area contributed by atoms with Crippen LogP contribution in [-0.2, 0) is 0 Å². The Labute approximate surface area is 105 Å². The normalized spacial score (nSPS) is 22.1. The fraction of sp³-hybridized carbons (Fsp3) is 0.917. The average Bonchev–Trinajstić information content (AvgIpc) is 2.35. The molecule has 0 aliphatic carbocycles. The smallest absolute Gasteiger partial charge is 0.208 e. The molecule has 0 aromatic carbocycles. The fourth-order valence-electron chi connectivity index (χ4n) is 2.15. The number of hydrazine groups is 1. The number of piperidine rings is 1. The summed E-state index contributed by atoms with van der Waals surface area (Å²) < 4.78 is 0. The van der Waals surface area contributed by atoms with Crippen LogP contribution in [0.25, 0.3) is 0 Å². The topological polar surface area (TPSA) is 56.9 Å². The molecule has 1 atom stereocenters. The van der Waals surface area contributed by atoms with E-state index in [2.05, 4.69) is 41.2 Å². The summed E-state index contributed by atoms with van der Waals surface area (Å²) in [4.78, 5) is 9.09. The molecule has 0 aromatic heterocycles. The highest BCUT2D eigenvalue weighted by molar-refractivity contribution is 5.79. The van der Waals surface area contributed by atoms with Crippen LogP contribution in [0.4, 0.5) is 0 Å². The van der Waals surface area contributed by atoms with Crippen LogP contribution in [0.1, 0.15) is 32.6 Å². The number of hydrogen-bond acceptors (Lipinski definition) is 3. The Morgan fingerprint density at radius 1 is 1.53 bits per heavy atom. The molecule has 0 radical (unpaired) electrons. The van der Waals surface area contributed by atoms with Crippen molar-refractivity contribution in [3.8, 4) is 0 Å². The van der Waals surface area contributed by atoms with Crippen molar-refractivity contribution in [1.82, 2.24) is 15.2 Å². The second-order valence-electron chi connectivity index (χ2n) is 4.91. The van der Waals surface area contributed by atoms with Crippen molar-refractivity contribution < 1.29 is 0 Å². The molecule has 3 N–H and O–H groups in total. The quantitative estimate of drug-likeness (QED) is 0.249. The molecule has 1 rings (SSSR count). The number of aliphatic imine (C=N–C) groups is 1. The van der Waals surface area contributed by atoms with E-state index in [1.54, 1.807) is 0 Å². The highest BCUT2D eigenvalue weighted by Gasteiger charge is 2.23. The molecule has 1 aliphatic rings. The minimum absolute atomic E-state index is 0.605. The second-order valence-corrected chi connectivity index (χ2v) is 4.91. The van der Waals surface area contributed by atoms with Gasteiger partial charge in [-0.3, -0.25) is 10.4 Å². The SMILES string of the molecule is CCCCN=C(NN)N1CCCC(N(C)C)C1. The summed E-state index contributed by atoms with van der Waals surface area (Å²) in [6, 6.07) is 0.605. The molecule has 1 fully saturated rings. The first kappa shape index (κ1) is 14.3. The van der Waals surface area contributed by atoms with E-state index in [0.717, 1.165) is 32.0 Å². The van der Waals surface area contributed by atoms with Gasteiger partial charge in [-0.2, -0.15) is 0 Å². The van der Waals surface area contributed by atoms with Crippen molar-refractivity contribution in [2.24, 2.45) is 10.8 Å². The van der Waals surface area contributed by atoms with Crippen LogP contribution in [0.2, 0.25) is 0 Å². The number of nitrogens with two attached hydrogens (primary N) is 1. The second kappa shape index (κ2) is 7.50. The molecule has 100 valence electrons. The number of hydrogen-bond donors (Lipinski definition) is 2. The van der Waals surface area contributed by atoms with Crippen LogP contribution in [0, 0.1) is 0 Å². The van der Waals surface area contributed by atoms with Gasteiger partial charge in [0.05, 0.1) is 0 Å². The molecule has 5 heteroatoms. The molecule has 0 saturated carbocycles. The maximum absolute atomic E-state index is 5.57. The molecule has 5 nitrogen and oxygen atoms in total. The van der Waals surface area contributed by atoms with E-state index in [9.17, 15) is 0 Å². The van der Waals surface area contributed by atoms with E-state index in [0.29, 0.717) is 6.04 Å². The molecule has 1 saturated heterocycles. The largest absolute Gasteiger partial charge is 0.340 e. The number of likely N-dealkylation sites (N-methyl/N-ethyl adjacent to an activating group) is 1. The minimum atomic E-state index is 0.605. The van der Waals surface area contributed by atoms with Gasteiger partial charge in [0.1, 0.15) is 0 Å². The lowest BCUT2D eigenvalue weighted by Gasteiger charge is -2.37. The van der Waals surface area contributed by atoms with Gasteiger partial charge in [-0.1, -0.05) is 13.3 Å². The van der Waals surface area contributed by atoms with Crippen LogP contribution in [0.15, 0.2) is 4.99 Å². The van der Waals surface area contributed by atoms with E-state index in [1.807, 2.05) is 0 Å². The number of likely N-dealkylation sites (tertiary alicyclic amines) is 1. The average molecular weight is 241 g/mol. The first-order chi connectivity index (χ1) is 8.19. The summed E-state index contributed by atoms with van der Waals surface area (Å²) in [5, 5.41) is 0. The summed E-state index contributed by atoms with van der Waals surface area (Å²) in [5.74, 6) is 6.42. The maximum atomic E-state index is 5.57. The summed E-state index contributed by atoms with van der Waals surface area (Å²) in [7, 11) is 4.27. The molecule has 1 unspecified atom stereocenters. The van der Waals surface area contributed by atoms with Crippen LogP contribution >= 0.6 is 0 Å². The van der Waals surface area contributed by atoms with Gasteiger partial charge in [-0.25, -0.2) is 5.84 Å². The van der Waals surface area contributed by atoms with Gasteiger partial charge in [-0.15, -0.1) is 0 Å². The van der Waals surface area contributed by atoms with Gasteiger partial charge in [-0.05, 0) is 33.4 Å². The Hall–Kier alpha value is -0.810. The fourth-order valence-corrected chi connectivity index (χ4v) is 2.15. The number of nitrogens with one attached hydrogen (secondary N) is 1. The van der Waals surface area contributed by atoms with Crippen molar-refractivity contribution in [2.75, 3.05) is 33.7 Å². The predicted molar refractivity (Wildman–Crippen MR) is 72.8 cm³/mol. The Morgan fingerprint density at radius 2 is 2.29 bits per heavy atom. The third kappa shape index (κ3) is 4.52. The van der Waals surface area contributed by atoms with E-state index in [-0.39, 0.29) is 0 Å². The van der Waals surface area contributed by atoms with Crippen LogP contribution in [0.5, 0.6) is 0 Å². The summed E-state index contributed by atoms with van der Waals surface area (Å²) in [6.07, 6.45) is 4.76. The van der Waals surface area contributed by atoms with Crippen molar-refractivity contribution >= 4 is 5.96 Å². The molecule has 0 amide bonds. The minimum Gasteiger partial charge on any atom is -0.340 e. The van der Waals surface area contributed by atoms with Gasteiger partial charge in [0, 0.05) is 25.7 Å². The molecule has 0 spiro atoms. The zero-order chi connectivity index (χ0) is 12.7. The lowest BCUT2D eigenvalue weighted by Crippen LogP contribution is -2.53. The first-order valence-electron chi connectivity index (χ1n) is 6.61. The lowest BCUT2D eigenvalue weighted by molar-refractivity contribution is 0.181. The standard InChI is InChI=1S/C12H27N5/c1-4-5-8-14-12(15-13)17-9-6-7-11(10-17)16(2)3/h11H,4-10,13H2,1-3H3,(H,14,15). The lowest BCUT2D eigenvalue weighted by atomic mass is 10.1. The van der Waals surface area contributed by atoms with Crippen molar-refractivity contribution in [3.63, 3.8) is 0 Å². The number of unbranched alkanes of at least 4 members (excludes halogenated alkanes) is 1. The summed E-state index contributed by atoms with van der Waals surface area (Å²) >= 11 is 0. The Kier molecular flexibility index (Phi) is 6.29. The van der Waals surface area contributed by atoms with E-state index < -0.39 is 0 Å². The summed E-state index contributed by atoms with van der Waals surface area (Å²) in [5.41, 5.74) is 2.75. The van der Waals surface area contributed by atoms with Crippen LogP contribution in [0.3, 0.4) is 0 Å². The predicted octanol–water partition coefficient (Wildman–Crippen LogP) is 0.632. The maximum Gasteiger partial charge on any atom is 0.208 e. The third-order valence-electron chi connectivity index (χ3n) is 3.33. The number of nitrogens with zero attached hydrogens (tertiary/aromatic N) is 3. The molecule has 0 aromatic rings. The molecule has 1 aliphatic heterocycles. The highest BCUT2D eigenvalue weighted by Crippen LogP contribution is 2.13. The molecular weight excluding hydrogens is 214 g/mol. The van der Waals surface area contributed by atoms with Crippen molar-refractivity contribution in [1.29, 1.82) is 0 Å². The van der Waals surface area contributed by atoms with E-state index in [4.69, 9.17) is 5.84 Å². The number of guanidine groups is 1. The van der Waals surface area contributed by atoms with Gasteiger partial charge < -0.3 is 9.80 Å². The Bertz CT molecular complexity index is 239. The van der Waals surface area contributed by atoms with Crippen molar-refractivity contribution in [2.45, 2.75) is 38.6 Å². The molecule has 1 heterocycles.